The summed E-state index contributed by atoms with van der Waals surface area (Å²) in [5.41, 5.74) is 0. The average molecular weight is 1630 g/mol. The molecule has 20 nitrogen and oxygen atoms in total. The largest absolute Gasteiger partial charge is 2.00 e. The van der Waals surface area contributed by atoms with Crippen molar-refractivity contribution in [3.63, 3.8) is 0 Å². The number of hydrogen-bond acceptors (Lipinski definition) is 20. The Balaban J connectivity index is -0.0000000238. The van der Waals surface area contributed by atoms with E-state index in [1.807, 2.05) is 0 Å². The molecule has 0 aliphatic rings. The normalized spacial score (nSPS) is 10.0. The van der Waals surface area contributed by atoms with Crippen LogP contribution in [0.3, 0.4) is 0 Å². The van der Waals surface area contributed by atoms with Crippen LogP contribution in [-0.4, -0.2) is 107 Å². The van der Waals surface area contributed by atoms with E-state index in [2.05, 4.69) is 0 Å². The summed E-state index contributed by atoms with van der Waals surface area (Å²) in [5.74, 6) is 0. The molecule has 0 aromatic heterocycles. The van der Waals surface area contributed by atoms with Gasteiger partial charge in [-0.1, -0.05) is 0 Å². The summed E-state index contributed by atoms with van der Waals surface area (Å²) >= 11 is -30.1. The summed E-state index contributed by atoms with van der Waals surface area (Å²) in [6.45, 7) is 0. The summed E-state index contributed by atoms with van der Waals surface area (Å²) in [4.78, 5) is 0. The summed E-state index contributed by atoms with van der Waals surface area (Å²) in [5, 5.41) is 0. The van der Waals surface area contributed by atoms with E-state index in [1.54, 1.807) is 0 Å². The Morgan fingerprint density at radius 2 is 0.276 bits per heavy atom. The Labute approximate surface area is 256 Å². The minimum Gasteiger partial charge on any atom is 2.00 e. The fraction of sp³-hybridized carbons (Fsp3) is 0. The van der Waals surface area contributed by atoms with Crippen molar-refractivity contribution in [3.05, 3.63) is 0 Å². The van der Waals surface area contributed by atoms with Crippen molar-refractivity contribution in [1.82, 2.24) is 0 Å². The van der Waals surface area contributed by atoms with E-state index in [-0.39, 0.29) is 107 Å². The molecule has 0 amide bonds. The molecule has 0 spiro atoms. The van der Waals surface area contributed by atoms with Crippen LogP contribution < -0.4 is 37.6 Å². The predicted octanol–water partition coefficient (Wildman–Crippen LogP) is -14.6. The minimum absolute atomic E-state index is 0. The molecule has 0 fully saturated rings. The predicted molar refractivity (Wildman–Crippen MR) is 29.9 cm³/mol. The van der Waals surface area contributed by atoms with Crippen LogP contribution in [0.15, 0.2) is 0 Å². The van der Waals surface area contributed by atoms with Gasteiger partial charge < -0.3 is 0 Å². The van der Waals surface area contributed by atoms with Crippen molar-refractivity contribution >= 4 is 107 Å². The molecule has 0 saturated carbocycles. The van der Waals surface area contributed by atoms with Gasteiger partial charge in [0.25, 0.3) is 0 Å². The SMILES string of the molecule is [Bi+3].[Bi+3].[O]=[Mo](=[O])([O-])[O-].[O]=[Mo](=[O])([O-])[O-].[O]=[Mo](=[O])([O-])[O-].[O]=[Mo](=[O])([O-])[O-].[O]=[Mo](=[O])([O-])[O-].[Pb+2].[Pb+2]. The molecule has 0 aromatic carbocycles. The molecular weight excluding hydrogens is 1630 g/mol. The van der Waals surface area contributed by atoms with Crippen LogP contribution in [0.4, 0.5) is 0 Å². The minimum atomic E-state index is -6.02. The summed E-state index contributed by atoms with van der Waals surface area (Å²) in [7, 11) is 0. The first-order valence-electron chi connectivity index (χ1n) is 3.33. The molecule has 0 saturated heterocycles. The van der Waals surface area contributed by atoms with E-state index < -0.39 is 83.7 Å². The van der Waals surface area contributed by atoms with Crippen LogP contribution in [0.5, 0.6) is 0 Å². The third-order valence-corrected chi connectivity index (χ3v) is 0. The van der Waals surface area contributed by atoms with Crippen LogP contribution in [0.25, 0.3) is 0 Å². The maximum absolute atomic E-state index is 8.63. The van der Waals surface area contributed by atoms with Crippen LogP contribution in [-0.2, 0) is 118 Å². The molecule has 29 heavy (non-hydrogen) atoms. The Hall–Kier alpha value is 4.65. The van der Waals surface area contributed by atoms with Gasteiger partial charge in [-0.25, -0.2) is 0 Å². The molecule has 0 aromatic rings. The van der Waals surface area contributed by atoms with Crippen molar-refractivity contribution < 1.29 is 155 Å². The second kappa shape index (κ2) is 27.2. The van der Waals surface area contributed by atoms with Gasteiger partial charge in [0.15, 0.2) is 0 Å². The Kier molecular flexibility index (Phi) is 55.5. The molecule has 29 heteroatoms. The number of rotatable bonds is 0. The standard InChI is InChI=1S/2Bi.5Mo.20O.2Pb/q2*+3;;;;;;;;;;;;;;;;10*-1;2*+2. The second-order valence-corrected chi connectivity index (χ2v) is 12.1. The molecule has 0 aliphatic heterocycles. The zero-order valence-corrected chi connectivity index (χ0v) is 36.9. The Morgan fingerprint density at radius 1 is 0.276 bits per heavy atom. The third-order valence-electron chi connectivity index (χ3n) is 0. The maximum atomic E-state index is 8.63. The van der Waals surface area contributed by atoms with Gasteiger partial charge in [0, 0.05) is 0 Å². The van der Waals surface area contributed by atoms with Crippen LogP contribution in [0.2, 0.25) is 0 Å². The van der Waals surface area contributed by atoms with E-state index in [0.29, 0.717) is 0 Å². The van der Waals surface area contributed by atoms with E-state index in [1.165, 1.54) is 0 Å². The fourth-order valence-electron chi connectivity index (χ4n) is 0. The zero-order chi connectivity index (χ0) is 22.5. The zero-order valence-electron chi connectivity index (χ0n) is 12.1. The van der Waals surface area contributed by atoms with Gasteiger partial charge in [-0.2, -0.15) is 0 Å². The van der Waals surface area contributed by atoms with Gasteiger partial charge in [-0.3, -0.25) is 0 Å². The van der Waals surface area contributed by atoms with Crippen LogP contribution in [0, 0.1) is 0 Å². The molecular formula is Bi2Mo5O20Pb2. The molecule has 8 radical (unpaired) electrons. The van der Waals surface area contributed by atoms with Gasteiger partial charge >= 0.3 is 262 Å². The maximum Gasteiger partial charge on any atom is 2.00 e. The van der Waals surface area contributed by atoms with Gasteiger partial charge in [0.05, 0.1) is 0 Å². The monoisotopic (exact) mass is 1640 g/mol. The molecule has 0 N–H and O–H groups in total. The molecule has 0 heterocycles. The van der Waals surface area contributed by atoms with Crippen molar-refractivity contribution in [3.8, 4) is 0 Å². The van der Waals surface area contributed by atoms with E-state index in [4.69, 9.17) is 71.6 Å². The second-order valence-electron chi connectivity index (χ2n) is 2.04. The summed E-state index contributed by atoms with van der Waals surface area (Å²) < 4.78 is 173. The number of hydrogen-bond donors (Lipinski definition) is 0. The Bertz CT molecular complexity index is 629. The molecule has 0 unspecified atom stereocenters. The summed E-state index contributed by atoms with van der Waals surface area (Å²) in [6, 6.07) is 0. The van der Waals surface area contributed by atoms with Crippen molar-refractivity contribution in [2.45, 2.75) is 0 Å². The average Bonchev–Trinajstić information content (AvgIpc) is 1.79. The fourth-order valence-corrected chi connectivity index (χ4v) is 0. The van der Waals surface area contributed by atoms with Gasteiger partial charge in [0.1, 0.15) is 0 Å². The summed E-state index contributed by atoms with van der Waals surface area (Å²) in [6.07, 6.45) is 0. The van der Waals surface area contributed by atoms with E-state index in [0.717, 1.165) is 0 Å². The molecule has 0 aliphatic carbocycles. The molecule has 0 rings (SSSR count). The third kappa shape index (κ3) is 1420. The van der Waals surface area contributed by atoms with Crippen LogP contribution in [0.1, 0.15) is 0 Å². The van der Waals surface area contributed by atoms with E-state index >= 15 is 0 Å². The first-order chi connectivity index (χ1) is 10.0. The van der Waals surface area contributed by atoms with Crippen molar-refractivity contribution in [2.24, 2.45) is 0 Å². The van der Waals surface area contributed by atoms with E-state index in [9.17, 15) is 0 Å². The molecule has 168 valence electrons. The first-order valence-corrected chi connectivity index (χ1v) is 19.7. The van der Waals surface area contributed by atoms with Crippen molar-refractivity contribution in [2.75, 3.05) is 0 Å². The first kappa shape index (κ1) is 59.0. The smallest absolute Gasteiger partial charge is 2.00 e. The molecule has 0 bridgehead atoms. The van der Waals surface area contributed by atoms with Gasteiger partial charge in [-0.15, -0.1) is 0 Å². The topological polar surface area (TPSA) is 401 Å². The van der Waals surface area contributed by atoms with Crippen LogP contribution >= 0.6 is 0 Å². The Morgan fingerprint density at radius 3 is 0.276 bits per heavy atom. The van der Waals surface area contributed by atoms with Crippen molar-refractivity contribution in [1.29, 1.82) is 0 Å². The van der Waals surface area contributed by atoms with Gasteiger partial charge in [0.2, 0.25) is 0 Å². The van der Waals surface area contributed by atoms with Gasteiger partial charge in [-0.05, 0) is 0 Å². The quantitative estimate of drug-likeness (QED) is 0.203. The molecule has 0 atom stereocenters.